The molecule has 0 heterocycles. The van der Waals surface area contributed by atoms with Gasteiger partial charge in [-0.2, -0.15) is 0 Å². The molecule has 96 valence electrons. The van der Waals surface area contributed by atoms with Gasteiger partial charge in [-0.15, -0.1) is 0 Å². The highest BCUT2D eigenvalue weighted by Gasteiger charge is 2.24. The summed E-state index contributed by atoms with van der Waals surface area (Å²) in [4.78, 5) is 33.0. The number of carbonyl (C=O) groups excluding carboxylic acids is 1. The lowest BCUT2D eigenvalue weighted by Crippen LogP contribution is -2.15. The second-order valence-electron chi connectivity index (χ2n) is 3.19. The van der Waals surface area contributed by atoms with Crippen molar-refractivity contribution in [2.24, 2.45) is 0 Å². The summed E-state index contributed by atoms with van der Waals surface area (Å²) in [6.07, 6.45) is 0. The first-order chi connectivity index (χ1) is 8.42. The molecule has 2 N–H and O–H groups in total. The molecule has 0 unspecified atom stereocenters. The molecule has 0 aliphatic carbocycles. The average molecular weight is 254 g/mol. The number of carboxylic acid groups (broad SMARTS) is 2. The Morgan fingerprint density at radius 2 is 1.44 bits per heavy atom. The summed E-state index contributed by atoms with van der Waals surface area (Å²) in [7, 11) is 2.48. The van der Waals surface area contributed by atoms with Gasteiger partial charge in [0.05, 0.1) is 19.8 Å². The summed E-state index contributed by atoms with van der Waals surface area (Å²) in [5.41, 5.74) is -0.661. The van der Waals surface area contributed by atoms with Gasteiger partial charge in [-0.25, -0.2) is 9.59 Å². The summed E-state index contributed by atoms with van der Waals surface area (Å²) in [6.45, 7) is 0. The molecule has 0 atom stereocenters. The van der Waals surface area contributed by atoms with Crippen LogP contribution in [0.4, 0.5) is 0 Å². The van der Waals surface area contributed by atoms with E-state index in [9.17, 15) is 14.4 Å². The quantitative estimate of drug-likeness (QED) is 0.586. The molecule has 0 amide bonds. The van der Waals surface area contributed by atoms with Crippen molar-refractivity contribution in [3.63, 3.8) is 0 Å². The molecule has 18 heavy (non-hydrogen) atoms. The zero-order valence-corrected chi connectivity index (χ0v) is 9.59. The number of rotatable bonds is 5. The van der Waals surface area contributed by atoms with Crippen LogP contribution < -0.4 is 9.47 Å². The van der Waals surface area contributed by atoms with Crippen LogP contribution in [0.25, 0.3) is 0 Å². The van der Waals surface area contributed by atoms with Crippen molar-refractivity contribution >= 4 is 17.7 Å². The maximum absolute atomic E-state index is 11.4. The van der Waals surface area contributed by atoms with Crippen LogP contribution in [0, 0.1) is 0 Å². The molecule has 0 radical (unpaired) electrons. The fraction of sp³-hybridized carbons (Fsp3) is 0.182. The lowest BCUT2D eigenvalue weighted by Gasteiger charge is -2.10. The number of carboxylic acids is 2. The van der Waals surface area contributed by atoms with E-state index in [1.165, 1.54) is 14.2 Å². The second kappa shape index (κ2) is 5.17. The normalized spacial score (nSPS) is 9.67. The number of aromatic carboxylic acids is 1. The van der Waals surface area contributed by atoms with Gasteiger partial charge in [0.1, 0.15) is 17.1 Å². The molecule has 7 heteroatoms. The van der Waals surface area contributed by atoms with Crippen molar-refractivity contribution in [1.29, 1.82) is 0 Å². The standard InChI is InChI=1S/C11H10O7/c1-17-7-4-8(18-2)6(10(13)14)3-5(7)9(12)11(15)16/h3-4H,1-2H3,(H,13,14)(H,15,16). The van der Waals surface area contributed by atoms with Gasteiger partial charge in [-0.3, -0.25) is 4.79 Å². The number of carbonyl (C=O) groups is 3. The van der Waals surface area contributed by atoms with Gasteiger partial charge in [0, 0.05) is 6.07 Å². The van der Waals surface area contributed by atoms with Crippen LogP contribution in [0.2, 0.25) is 0 Å². The van der Waals surface area contributed by atoms with E-state index < -0.39 is 17.7 Å². The number of Topliss-reactive ketones (excluding diaryl/α,β-unsaturated/α-hetero) is 1. The van der Waals surface area contributed by atoms with Gasteiger partial charge in [0.2, 0.25) is 0 Å². The Morgan fingerprint density at radius 1 is 0.944 bits per heavy atom. The Morgan fingerprint density at radius 3 is 1.83 bits per heavy atom. The van der Waals surface area contributed by atoms with Crippen molar-refractivity contribution in [1.82, 2.24) is 0 Å². The molecule has 1 aromatic rings. The van der Waals surface area contributed by atoms with Gasteiger partial charge in [0.25, 0.3) is 5.78 Å². The van der Waals surface area contributed by atoms with Crippen molar-refractivity contribution in [3.05, 3.63) is 23.3 Å². The van der Waals surface area contributed by atoms with Crippen LogP contribution in [-0.2, 0) is 4.79 Å². The first-order valence-electron chi connectivity index (χ1n) is 4.69. The highest BCUT2D eigenvalue weighted by atomic mass is 16.5. The maximum Gasteiger partial charge on any atom is 0.377 e. The monoisotopic (exact) mass is 254 g/mol. The SMILES string of the molecule is COc1cc(OC)c(C(=O)C(=O)O)cc1C(=O)O. The van der Waals surface area contributed by atoms with Gasteiger partial charge in [0.15, 0.2) is 0 Å². The molecule has 0 aliphatic rings. The smallest absolute Gasteiger partial charge is 0.377 e. The zero-order chi connectivity index (χ0) is 13.9. The van der Waals surface area contributed by atoms with E-state index in [1.54, 1.807) is 0 Å². The summed E-state index contributed by atoms with van der Waals surface area (Å²) in [5.74, 6) is -4.38. The van der Waals surface area contributed by atoms with Crippen molar-refractivity contribution < 1.29 is 34.1 Å². The average Bonchev–Trinajstić information content (AvgIpc) is 2.35. The first-order valence-corrected chi connectivity index (χ1v) is 4.69. The topological polar surface area (TPSA) is 110 Å². The third kappa shape index (κ3) is 2.40. The Kier molecular flexibility index (Phi) is 3.88. The van der Waals surface area contributed by atoms with Crippen LogP contribution in [0.15, 0.2) is 12.1 Å². The summed E-state index contributed by atoms with van der Waals surface area (Å²) < 4.78 is 9.66. The van der Waals surface area contributed by atoms with E-state index in [4.69, 9.17) is 19.7 Å². The molecule has 7 nitrogen and oxygen atoms in total. The number of ether oxygens (including phenoxy) is 2. The van der Waals surface area contributed by atoms with Crippen molar-refractivity contribution in [2.45, 2.75) is 0 Å². The Labute approximate surface area is 102 Å². The fourth-order valence-corrected chi connectivity index (χ4v) is 1.36. The summed E-state index contributed by atoms with van der Waals surface area (Å²) in [5, 5.41) is 17.6. The minimum atomic E-state index is -1.70. The largest absolute Gasteiger partial charge is 0.496 e. The predicted octanol–water partition coefficient (Wildman–Crippen LogP) is 0.669. The Bertz CT molecular complexity index is 518. The third-order valence-corrected chi connectivity index (χ3v) is 2.19. The molecule has 0 spiro atoms. The van der Waals surface area contributed by atoms with Crippen molar-refractivity contribution in [2.75, 3.05) is 14.2 Å². The minimum absolute atomic E-state index is 0.0266. The highest BCUT2D eigenvalue weighted by Crippen LogP contribution is 2.29. The molecule has 0 saturated carbocycles. The van der Waals surface area contributed by atoms with Gasteiger partial charge < -0.3 is 19.7 Å². The lowest BCUT2D eigenvalue weighted by atomic mass is 10.0. The molecule has 0 aliphatic heterocycles. The molecular formula is C11H10O7. The number of benzene rings is 1. The number of hydrogen-bond donors (Lipinski definition) is 2. The lowest BCUT2D eigenvalue weighted by molar-refractivity contribution is -0.131. The number of methoxy groups -OCH3 is 2. The van der Waals surface area contributed by atoms with Crippen LogP contribution in [0.1, 0.15) is 20.7 Å². The van der Waals surface area contributed by atoms with E-state index >= 15 is 0 Å². The zero-order valence-electron chi connectivity index (χ0n) is 9.59. The number of hydrogen-bond acceptors (Lipinski definition) is 5. The molecule has 1 rings (SSSR count). The molecule has 0 aromatic heterocycles. The predicted molar refractivity (Wildman–Crippen MR) is 58.5 cm³/mol. The summed E-state index contributed by atoms with van der Waals surface area (Å²) in [6, 6.07) is 2.07. The molecule has 0 saturated heterocycles. The van der Waals surface area contributed by atoms with E-state index in [0.29, 0.717) is 0 Å². The van der Waals surface area contributed by atoms with Crippen LogP contribution in [0.3, 0.4) is 0 Å². The minimum Gasteiger partial charge on any atom is -0.496 e. The molecule has 1 aromatic carbocycles. The van der Waals surface area contributed by atoms with E-state index in [-0.39, 0.29) is 22.6 Å². The Balaban J connectivity index is 3.50. The van der Waals surface area contributed by atoms with E-state index in [0.717, 1.165) is 12.1 Å². The number of aliphatic carboxylic acids is 1. The fourth-order valence-electron chi connectivity index (χ4n) is 1.36. The second-order valence-corrected chi connectivity index (χ2v) is 3.19. The molecule has 0 fully saturated rings. The summed E-state index contributed by atoms with van der Waals surface area (Å²) >= 11 is 0. The van der Waals surface area contributed by atoms with E-state index in [1.807, 2.05) is 0 Å². The van der Waals surface area contributed by atoms with Gasteiger partial charge in [-0.1, -0.05) is 0 Å². The first kappa shape index (κ1) is 13.5. The molecular weight excluding hydrogens is 244 g/mol. The molecule has 0 bridgehead atoms. The van der Waals surface area contributed by atoms with Gasteiger partial charge in [-0.05, 0) is 6.07 Å². The maximum atomic E-state index is 11.4. The van der Waals surface area contributed by atoms with Gasteiger partial charge >= 0.3 is 11.9 Å². The van der Waals surface area contributed by atoms with Crippen molar-refractivity contribution in [3.8, 4) is 11.5 Å². The third-order valence-electron chi connectivity index (χ3n) is 2.19. The van der Waals surface area contributed by atoms with Crippen LogP contribution >= 0.6 is 0 Å². The van der Waals surface area contributed by atoms with Crippen LogP contribution in [-0.4, -0.2) is 42.2 Å². The van der Waals surface area contributed by atoms with Crippen LogP contribution in [0.5, 0.6) is 11.5 Å². The Hall–Kier alpha value is -2.57. The van der Waals surface area contributed by atoms with E-state index in [2.05, 4.69) is 0 Å². The highest BCUT2D eigenvalue weighted by molar-refractivity contribution is 6.40. The number of ketones is 1.